The van der Waals surface area contributed by atoms with Crippen molar-refractivity contribution in [2.45, 2.75) is 39.1 Å². The summed E-state index contributed by atoms with van der Waals surface area (Å²) in [6, 6.07) is 11.4. The maximum Gasteiger partial charge on any atom is 0.251 e. The predicted molar refractivity (Wildman–Crippen MR) is 115 cm³/mol. The third kappa shape index (κ3) is 5.06. The van der Waals surface area contributed by atoms with Gasteiger partial charge >= 0.3 is 0 Å². The van der Waals surface area contributed by atoms with E-state index in [-0.39, 0.29) is 18.1 Å². The van der Waals surface area contributed by atoms with Crippen molar-refractivity contribution in [1.82, 2.24) is 10.2 Å². The molecule has 1 saturated heterocycles. The summed E-state index contributed by atoms with van der Waals surface area (Å²) in [5.41, 5.74) is 2.68. The SMILES string of the molecule is CC1CN(Cc2ccc(C(=O)NCc3cc(Cl)c4c(c3)OCCO4)cc2)CC(C)O1. The Labute approximate surface area is 182 Å². The third-order valence-corrected chi connectivity index (χ3v) is 5.51. The molecule has 4 rings (SSSR count). The van der Waals surface area contributed by atoms with Crippen LogP contribution < -0.4 is 14.8 Å². The normalized spacial score (nSPS) is 21.3. The lowest BCUT2D eigenvalue weighted by atomic mass is 10.1. The van der Waals surface area contributed by atoms with Gasteiger partial charge < -0.3 is 19.5 Å². The van der Waals surface area contributed by atoms with Crippen LogP contribution in [-0.4, -0.2) is 49.3 Å². The number of halogens is 1. The first-order chi connectivity index (χ1) is 14.5. The number of fused-ring (bicyclic) bond motifs is 1. The summed E-state index contributed by atoms with van der Waals surface area (Å²) in [7, 11) is 0. The highest BCUT2D eigenvalue weighted by Crippen LogP contribution is 2.38. The molecule has 1 amide bonds. The topological polar surface area (TPSA) is 60.0 Å². The van der Waals surface area contributed by atoms with Crippen LogP contribution in [0.4, 0.5) is 0 Å². The molecule has 6 nitrogen and oxygen atoms in total. The summed E-state index contributed by atoms with van der Waals surface area (Å²) in [6.45, 7) is 8.25. The number of ether oxygens (including phenoxy) is 3. The van der Waals surface area contributed by atoms with Crippen LogP contribution in [0.5, 0.6) is 11.5 Å². The molecule has 1 fully saturated rings. The molecule has 7 heteroatoms. The van der Waals surface area contributed by atoms with E-state index in [0.717, 1.165) is 25.2 Å². The largest absolute Gasteiger partial charge is 0.486 e. The number of rotatable bonds is 5. The van der Waals surface area contributed by atoms with E-state index in [9.17, 15) is 4.79 Å². The Kier molecular flexibility index (Phi) is 6.46. The van der Waals surface area contributed by atoms with Crippen molar-refractivity contribution in [3.05, 3.63) is 58.1 Å². The van der Waals surface area contributed by atoms with E-state index < -0.39 is 0 Å². The number of nitrogens with zero attached hydrogens (tertiary/aromatic N) is 1. The molecular weight excluding hydrogens is 404 g/mol. The van der Waals surface area contributed by atoms with E-state index in [0.29, 0.717) is 41.8 Å². The quantitative estimate of drug-likeness (QED) is 0.784. The summed E-state index contributed by atoms with van der Waals surface area (Å²) in [6.07, 6.45) is 0.487. The van der Waals surface area contributed by atoms with Crippen molar-refractivity contribution in [2.75, 3.05) is 26.3 Å². The Hall–Kier alpha value is -2.28. The minimum absolute atomic E-state index is 0.124. The second kappa shape index (κ2) is 9.25. The Morgan fingerprint density at radius 1 is 1.07 bits per heavy atom. The van der Waals surface area contributed by atoms with Crippen LogP contribution in [0, 0.1) is 0 Å². The summed E-state index contributed by atoms with van der Waals surface area (Å²) >= 11 is 6.27. The van der Waals surface area contributed by atoms with Crippen LogP contribution in [0.15, 0.2) is 36.4 Å². The van der Waals surface area contributed by atoms with Gasteiger partial charge in [0, 0.05) is 31.7 Å². The summed E-state index contributed by atoms with van der Waals surface area (Å²) in [5, 5.41) is 3.43. The Bertz CT molecular complexity index is 893. The Morgan fingerprint density at radius 2 is 1.77 bits per heavy atom. The monoisotopic (exact) mass is 430 g/mol. The van der Waals surface area contributed by atoms with Gasteiger partial charge in [0.05, 0.1) is 17.2 Å². The molecule has 1 N–H and O–H groups in total. The van der Waals surface area contributed by atoms with Crippen LogP contribution in [0.2, 0.25) is 5.02 Å². The molecule has 0 aromatic heterocycles. The lowest BCUT2D eigenvalue weighted by Crippen LogP contribution is -2.44. The average molecular weight is 431 g/mol. The van der Waals surface area contributed by atoms with Gasteiger partial charge in [0.1, 0.15) is 13.2 Å². The molecule has 0 radical (unpaired) electrons. The number of carbonyl (C=O) groups excluding carboxylic acids is 1. The third-order valence-electron chi connectivity index (χ3n) is 5.23. The zero-order valence-electron chi connectivity index (χ0n) is 17.3. The Balaban J connectivity index is 1.33. The highest BCUT2D eigenvalue weighted by atomic mass is 35.5. The molecule has 0 bridgehead atoms. The van der Waals surface area contributed by atoms with E-state index in [2.05, 4.69) is 24.1 Å². The molecular formula is C23H27ClN2O4. The lowest BCUT2D eigenvalue weighted by molar-refractivity contribution is -0.0704. The molecule has 2 atom stereocenters. The van der Waals surface area contributed by atoms with Gasteiger partial charge in [-0.15, -0.1) is 0 Å². The highest BCUT2D eigenvalue weighted by molar-refractivity contribution is 6.32. The van der Waals surface area contributed by atoms with E-state index in [1.165, 1.54) is 5.56 Å². The first-order valence-corrected chi connectivity index (χ1v) is 10.7. The van der Waals surface area contributed by atoms with Crippen molar-refractivity contribution in [1.29, 1.82) is 0 Å². The van der Waals surface area contributed by atoms with Crippen LogP contribution >= 0.6 is 11.6 Å². The molecule has 2 aromatic rings. The summed E-state index contributed by atoms with van der Waals surface area (Å²) in [4.78, 5) is 14.9. The number of benzene rings is 2. The number of nitrogens with one attached hydrogen (secondary N) is 1. The number of hydrogen-bond acceptors (Lipinski definition) is 5. The molecule has 2 heterocycles. The number of morpholine rings is 1. The molecule has 30 heavy (non-hydrogen) atoms. The summed E-state index contributed by atoms with van der Waals surface area (Å²) < 4.78 is 16.9. The molecule has 2 aromatic carbocycles. The molecule has 160 valence electrons. The standard InChI is InChI=1S/C23H27ClN2O4/c1-15-12-26(13-16(2)30-15)14-17-3-5-19(6-4-17)23(27)25-11-18-9-20(24)22-21(10-18)28-7-8-29-22/h3-6,9-10,15-16H,7-8,11-14H2,1-2H3,(H,25,27). The maximum absolute atomic E-state index is 12.6. The lowest BCUT2D eigenvalue weighted by Gasteiger charge is -2.35. The summed E-state index contributed by atoms with van der Waals surface area (Å²) in [5.74, 6) is 1.06. The van der Waals surface area contributed by atoms with Crippen molar-refractivity contribution >= 4 is 17.5 Å². The van der Waals surface area contributed by atoms with E-state index in [1.807, 2.05) is 30.3 Å². The highest BCUT2D eigenvalue weighted by Gasteiger charge is 2.22. The molecule has 2 aliphatic rings. The van der Waals surface area contributed by atoms with Gasteiger partial charge in [0.2, 0.25) is 0 Å². The van der Waals surface area contributed by atoms with Crippen LogP contribution in [0.3, 0.4) is 0 Å². The number of hydrogen-bond donors (Lipinski definition) is 1. The van der Waals surface area contributed by atoms with E-state index >= 15 is 0 Å². The van der Waals surface area contributed by atoms with Crippen LogP contribution in [0.1, 0.15) is 35.3 Å². The fraction of sp³-hybridized carbons (Fsp3) is 0.435. The van der Waals surface area contributed by atoms with Crippen LogP contribution in [0.25, 0.3) is 0 Å². The number of amides is 1. The molecule has 0 aliphatic carbocycles. The molecule has 0 spiro atoms. The van der Waals surface area contributed by atoms with E-state index in [1.54, 1.807) is 6.07 Å². The van der Waals surface area contributed by atoms with Crippen molar-refractivity contribution in [2.24, 2.45) is 0 Å². The van der Waals surface area contributed by atoms with Gasteiger partial charge in [-0.2, -0.15) is 0 Å². The fourth-order valence-electron chi connectivity index (χ4n) is 3.98. The van der Waals surface area contributed by atoms with E-state index in [4.69, 9.17) is 25.8 Å². The number of carbonyl (C=O) groups is 1. The minimum atomic E-state index is -0.124. The first kappa shape index (κ1) is 21.0. The van der Waals surface area contributed by atoms with Gasteiger partial charge in [-0.05, 0) is 49.2 Å². The first-order valence-electron chi connectivity index (χ1n) is 10.3. The van der Waals surface area contributed by atoms with Gasteiger partial charge in [-0.3, -0.25) is 9.69 Å². The van der Waals surface area contributed by atoms with Gasteiger partial charge in [-0.1, -0.05) is 23.7 Å². The fourth-order valence-corrected chi connectivity index (χ4v) is 4.27. The van der Waals surface area contributed by atoms with Crippen LogP contribution in [-0.2, 0) is 17.8 Å². The second-order valence-corrected chi connectivity index (χ2v) is 8.34. The predicted octanol–water partition coefficient (Wildman–Crippen LogP) is 3.65. The zero-order valence-corrected chi connectivity index (χ0v) is 18.1. The Morgan fingerprint density at radius 3 is 2.50 bits per heavy atom. The average Bonchev–Trinajstić information content (AvgIpc) is 2.72. The van der Waals surface area contributed by atoms with Gasteiger partial charge in [0.25, 0.3) is 5.91 Å². The zero-order chi connectivity index (χ0) is 21.1. The molecule has 2 unspecified atom stereocenters. The van der Waals surface area contributed by atoms with Crippen molar-refractivity contribution in [3.63, 3.8) is 0 Å². The smallest absolute Gasteiger partial charge is 0.251 e. The van der Waals surface area contributed by atoms with Crippen molar-refractivity contribution in [3.8, 4) is 11.5 Å². The van der Waals surface area contributed by atoms with Crippen molar-refractivity contribution < 1.29 is 19.0 Å². The van der Waals surface area contributed by atoms with Gasteiger partial charge in [-0.25, -0.2) is 0 Å². The second-order valence-electron chi connectivity index (χ2n) is 7.93. The molecule has 0 saturated carbocycles. The minimum Gasteiger partial charge on any atom is -0.486 e. The molecule has 2 aliphatic heterocycles. The van der Waals surface area contributed by atoms with Gasteiger partial charge in [0.15, 0.2) is 11.5 Å². The maximum atomic E-state index is 12.6.